The number of aliphatic carboxylic acids is 1. The lowest BCUT2D eigenvalue weighted by Crippen LogP contribution is -2.43. The molecule has 3 atom stereocenters. The average molecular weight is 303 g/mol. The number of carboxylic acids is 1. The quantitative estimate of drug-likeness (QED) is 0.925. The summed E-state index contributed by atoms with van der Waals surface area (Å²) in [6.45, 7) is 1.04. The number of nitrogens with zero attached hydrogens (tertiary/aromatic N) is 1. The smallest absolute Gasteiger partial charge is 0.308 e. The van der Waals surface area contributed by atoms with Gasteiger partial charge in [-0.05, 0) is 42.9 Å². The molecule has 1 aromatic carbocycles. The molecule has 118 valence electrons. The van der Waals surface area contributed by atoms with E-state index in [-0.39, 0.29) is 17.7 Å². The highest BCUT2D eigenvalue weighted by Crippen LogP contribution is 2.49. The molecule has 0 spiro atoms. The van der Waals surface area contributed by atoms with Crippen molar-refractivity contribution in [1.29, 1.82) is 0 Å². The Kier molecular flexibility index (Phi) is 4.05. The van der Waals surface area contributed by atoms with E-state index < -0.39 is 11.9 Å². The van der Waals surface area contributed by atoms with Crippen LogP contribution in [0.2, 0.25) is 0 Å². The highest BCUT2D eigenvalue weighted by Gasteiger charge is 2.46. The molecule has 1 saturated carbocycles. The van der Waals surface area contributed by atoms with Crippen LogP contribution in [-0.4, -0.2) is 42.1 Å². The number of rotatable bonds is 4. The van der Waals surface area contributed by atoms with Crippen LogP contribution in [0.1, 0.15) is 30.7 Å². The molecular weight excluding hydrogens is 282 g/mol. The van der Waals surface area contributed by atoms with Gasteiger partial charge in [-0.25, -0.2) is 0 Å². The summed E-state index contributed by atoms with van der Waals surface area (Å²) in [5.41, 5.74) is 1.13. The van der Waals surface area contributed by atoms with Crippen LogP contribution in [0.4, 0.5) is 0 Å². The maximum Gasteiger partial charge on any atom is 0.308 e. The van der Waals surface area contributed by atoms with Crippen LogP contribution in [0.3, 0.4) is 0 Å². The summed E-state index contributed by atoms with van der Waals surface area (Å²) < 4.78 is 5.22. The molecule has 0 aromatic heterocycles. The third-order valence-corrected chi connectivity index (χ3v) is 4.71. The van der Waals surface area contributed by atoms with Crippen molar-refractivity contribution in [1.82, 2.24) is 4.90 Å². The maximum atomic E-state index is 12.6. The van der Waals surface area contributed by atoms with Gasteiger partial charge in [0.2, 0.25) is 5.91 Å². The molecule has 5 nitrogen and oxygen atoms in total. The zero-order chi connectivity index (χ0) is 15.7. The number of carbonyl (C=O) groups is 2. The number of benzene rings is 1. The van der Waals surface area contributed by atoms with Gasteiger partial charge in [0.1, 0.15) is 5.75 Å². The molecular formula is C17H21NO4. The summed E-state index contributed by atoms with van der Waals surface area (Å²) in [4.78, 5) is 25.4. The molecule has 0 radical (unpaired) electrons. The topological polar surface area (TPSA) is 66.8 Å². The number of hydrogen-bond donors (Lipinski definition) is 1. The van der Waals surface area contributed by atoms with Crippen molar-refractivity contribution in [3.05, 3.63) is 29.8 Å². The molecule has 5 heteroatoms. The zero-order valence-corrected chi connectivity index (χ0v) is 12.7. The number of amides is 1. The van der Waals surface area contributed by atoms with Gasteiger partial charge in [0.05, 0.1) is 13.0 Å². The fourth-order valence-corrected chi connectivity index (χ4v) is 3.32. The van der Waals surface area contributed by atoms with Crippen LogP contribution in [-0.2, 0) is 9.59 Å². The van der Waals surface area contributed by atoms with E-state index in [9.17, 15) is 9.59 Å². The van der Waals surface area contributed by atoms with Gasteiger partial charge in [-0.1, -0.05) is 12.1 Å². The van der Waals surface area contributed by atoms with Crippen LogP contribution in [0, 0.1) is 11.8 Å². The molecule has 1 aliphatic carbocycles. The second-order valence-electron chi connectivity index (χ2n) is 6.19. The van der Waals surface area contributed by atoms with Crippen LogP contribution in [0.5, 0.6) is 5.75 Å². The van der Waals surface area contributed by atoms with Crippen LogP contribution in [0.25, 0.3) is 0 Å². The standard InChI is InChI=1S/C17H21NO4/c1-22-13-6-2-4-11(8-13)14-9-15(14)16(19)18-7-3-5-12(10-18)17(20)21/h2,4,6,8,12,14-15H,3,5,7,9-10H2,1H3,(H,20,21)/t12-,14?,15?/m0/s1. The van der Waals surface area contributed by atoms with Gasteiger partial charge in [0, 0.05) is 19.0 Å². The van der Waals surface area contributed by atoms with Gasteiger partial charge in [-0.2, -0.15) is 0 Å². The van der Waals surface area contributed by atoms with Crippen molar-refractivity contribution < 1.29 is 19.4 Å². The Hall–Kier alpha value is -2.04. The third kappa shape index (κ3) is 2.93. The Morgan fingerprint density at radius 2 is 2.18 bits per heavy atom. The SMILES string of the molecule is COc1cccc(C2CC2C(=O)N2CCC[C@H](C(=O)O)C2)c1. The van der Waals surface area contributed by atoms with E-state index in [0.717, 1.165) is 24.2 Å². The molecule has 1 aromatic rings. The summed E-state index contributed by atoms with van der Waals surface area (Å²) >= 11 is 0. The van der Waals surface area contributed by atoms with Gasteiger partial charge in [-0.3, -0.25) is 9.59 Å². The lowest BCUT2D eigenvalue weighted by molar-refractivity contribution is -0.146. The van der Waals surface area contributed by atoms with Crippen molar-refractivity contribution in [2.75, 3.05) is 20.2 Å². The molecule has 2 unspecified atom stereocenters. The second kappa shape index (κ2) is 5.99. The molecule has 2 aliphatic rings. The van der Waals surface area contributed by atoms with Gasteiger partial charge >= 0.3 is 5.97 Å². The largest absolute Gasteiger partial charge is 0.497 e. The first-order valence-electron chi connectivity index (χ1n) is 7.75. The first-order valence-corrected chi connectivity index (χ1v) is 7.75. The maximum absolute atomic E-state index is 12.6. The predicted octanol–water partition coefficient (Wildman–Crippen LogP) is 2.12. The highest BCUT2D eigenvalue weighted by molar-refractivity contribution is 5.84. The van der Waals surface area contributed by atoms with Crippen LogP contribution >= 0.6 is 0 Å². The van der Waals surface area contributed by atoms with Gasteiger partial charge in [0.15, 0.2) is 0 Å². The summed E-state index contributed by atoms with van der Waals surface area (Å²) in [6, 6.07) is 7.84. The number of ether oxygens (including phenoxy) is 1. The number of piperidine rings is 1. The fourth-order valence-electron chi connectivity index (χ4n) is 3.32. The van der Waals surface area contributed by atoms with Crippen LogP contribution < -0.4 is 4.74 Å². The number of likely N-dealkylation sites (tertiary alicyclic amines) is 1. The van der Waals surface area contributed by atoms with E-state index in [4.69, 9.17) is 9.84 Å². The Labute approximate surface area is 129 Å². The minimum absolute atomic E-state index is 0.000323. The van der Waals surface area contributed by atoms with E-state index >= 15 is 0 Å². The van der Waals surface area contributed by atoms with Crippen molar-refractivity contribution in [2.24, 2.45) is 11.8 Å². The summed E-state index contributed by atoms with van der Waals surface area (Å²) in [5, 5.41) is 9.13. The molecule has 3 rings (SSSR count). The minimum Gasteiger partial charge on any atom is -0.497 e. The van der Waals surface area contributed by atoms with E-state index in [0.29, 0.717) is 19.5 Å². The fraction of sp³-hybridized carbons (Fsp3) is 0.529. The third-order valence-electron chi connectivity index (χ3n) is 4.71. The summed E-state index contributed by atoms with van der Waals surface area (Å²) in [6.07, 6.45) is 2.29. The monoisotopic (exact) mass is 303 g/mol. The van der Waals surface area contributed by atoms with E-state index in [1.807, 2.05) is 24.3 Å². The van der Waals surface area contributed by atoms with Gasteiger partial charge < -0.3 is 14.7 Å². The minimum atomic E-state index is -0.794. The van der Waals surface area contributed by atoms with Crippen molar-refractivity contribution in [3.8, 4) is 5.75 Å². The molecule has 1 saturated heterocycles. The first-order chi connectivity index (χ1) is 10.6. The average Bonchev–Trinajstić information content (AvgIpc) is 3.35. The molecule has 22 heavy (non-hydrogen) atoms. The highest BCUT2D eigenvalue weighted by atomic mass is 16.5. The molecule has 1 N–H and O–H groups in total. The molecule has 1 amide bonds. The van der Waals surface area contributed by atoms with E-state index in [1.165, 1.54) is 0 Å². The van der Waals surface area contributed by atoms with Crippen molar-refractivity contribution in [3.63, 3.8) is 0 Å². The van der Waals surface area contributed by atoms with E-state index in [2.05, 4.69) is 0 Å². The lowest BCUT2D eigenvalue weighted by Gasteiger charge is -2.31. The zero-order valence-electron chi connectivity index (χ0n) is 12.7. The normalized spacial score (nSPS) is 27.3. The molecule has 1 aliphatic heterocycles. The lowest BCUT2D eigenvalue weighted by atomic mass is 9.97. The van der Waals surface area contributed by atoms with Crippen molar-refractivity contribution in [2.45, 2.75) is 25.2 Å². The summed E-state index contributed by atoms with van der Waals surface area (Å²) in [7, 11) is 1.63. The number of carboxylic acid groups (broad SMARTS) is 1. The Balaban J connectivity index is 1.63. The molecule has 2 fully saturated rings. The van der Waals surface area contributed by atoms with Crippen LogP contribution in [0.15, 0.2) is 24.3 Å². The Bertz CT molecular complexity index is 586. The molecule has 0 bridgehead atoms. The van der Waals surface area contributed by atoms with Gasteiger partial charge in [0.25, 0.3) is 0 Å². The number of methoxy groups -OCH3 is 1. The molecule has 1 heterocycles. The Morgan fingerprint density at radius 3 is 2.91 bits per heavy atom. The number of hydrogen-bond acceptors (Lipinski definition) is 3. The summed E-state index contributed by atoms with van der Waals surface area (Å²) in [5.74, 6) is -0.0462. The first kappa shape index (κ1) is 14.9. The van der Waals surface area contributed by atoms with E-state index in [1.54, 1.807) is 12.0 Å². The van der Waals surface area contributed by atoms with Crippen molar-refractivity contribution >= 4 is 11.9 Å². The second-order valence-corrected chi connectivity index (χ2v) is 6.19. The number of carbonyl (C=O) groups excluding carboxylic acids is 1. The van der Waals surface area contributed by atoms with Gasteiger partial charge in [-0.15, -0.1) is 0 Å². The Morgan fingerprint density at radius 1 is 1.36 bits per heavy atom. The predicted molar refractivity (Wildman–Crippen MR) is 80.8 cm³/mol.